The van der Waals surface area contributed by atoms with Gasteiger partial charge in [-0.05, 0) is 18.1 Å². The molecule has 1 atom stereocenters. The lowest BCUT2D eigenvalue weighted by atomic mass is 10.1. The first-order valence-corrected chi connectivity index (χ1v) is 5.72. The van der Waals surface area contributed by atoms with Gasteiger partial charge in [0.05, 0.1) is 22.7 Å². The standard InChI is InChI=1S/C11H11Cl2NO2/c12-9-3-1-2-7(11(9)13)4-8-5-16-6-10(15)14-8/h1-3,8H,4-6H2,(H,14,15). The number of amides is 1. The van der Waals surface area contributed by atoms with Gasteiger partial charge in [0.2, 0.25) is 5.91 Å². The van der Waals surface area contributed by atoms with Crippen LogP contribution in [-0.2, 0) is 16.0 Å². The maximum Gasteiger partial charge on any atom is 0.246 e. The third kappa shape index (κ3) is 2.67. The second kappa shape index (κ2) is 5.04. The summed E-state index contributed by atoms with van der Waals surface area (Å²) in [5.74, 6) is -0.0885. The summed E-state index contributed by atoms with van der Waals surface area (Å²) in [6.45, 7) is 0.647. The molecular weight excluding hydrogens is 249 g/mol. The van der Waals surface area contributed by atoms with Gasteiger partial charge in [0.15, 0.2) is 0 Å². The molecule has 0 aromatic heterocycles. The van der Waals surface area contributed by atoms with Gasteiger partial charge < -0.3 is 10.1 Å². The Morgan fingerprint density at radius 2 is 2.25 bits per heavy atom. The molecule has 0 spiro atoms. The van der Waals surface area contributed by atoms with E-state index in [2.05, 4.69) is 5.32 Å². The molecule has 0 radical (unpaired) electrons. The molecule has 0 aliphatic carbocycles. The summed E-state index contributed by atoms with van der Waals surface area (Å²) < 4.78 is 5.15. The first-order chi connectivity index (χ1) is 7.66. The number of halogens is 2. The molecule has 1 amide bonds. The van der Waals surface area contributed by atoms with Crippen molar-refractivity contribution in [1.82, 2.24) is 5.32 Å². The minimum atomic E-state index is -0.0885. The lowest BCUT2D eigenvalue weighted by Gasteiger charge is -2.23. The van der Waals surface area contributed by atoms with Crippen LogP contribution in [0.15, 0.2) is 18.2 Å². The lowest BCUT2D eigenvalue weighted by Crippen LogP contribution is -2.46. The van der Waals surface area contributed by atoms with Crippen LogP contribution in [0.2, 0.25) is 10.0 Å². The number of morpholine rings is 1. The molecule has 0 saturated carbocycles. The number of carbonyl (C=O) groups is 1. The SMILES string of the molecule is O=C1COCC(Cc2cccc(Cl)c2Cl)N1. The maximum atomic E-state index is 11.1. The van der Waals surface area contributed by atoms with Crippen LogP contribution < -0.4 is 5.32 Å². The Balaban J connectivity index is 2.08. The van der Waals surface area contributed by atoms with E-state index in [9.17, 15) is 4.79 Å². The predicted molar refractivity (Wildman–Crippen MR) is 62.9 cm³/mol. The van der Waals surface area contributed by atoms with Crippen LogP contribution in [-0.4, -0.2) is 25.2 Å². The predicted octanol–water partition coefficient (Wildman–Crippen LogP) is 2.05. The lowest BCUT2D eigenvalue weighted by molar-refractivity contribution is -0.131. The van der Waals surface area contributed by atoms with Gasteiger partial charge in [-0.15, -0.1) is 0 Å². The Labute approximate surface area is 104 Å². The highest BCUT2D eigenvalue weighted by molar-refractivity contribution is 6.42. The van der Waals surface area contributed by atoms with E-state index >= 15 is 0 Å². The minimum Gasteiger partial charge on any atom is -0.369 e. The molecule has 1 aromatic rings. The number of nitrogens with one attached hydrogen (secondary N) is 1. The monoisotopic (exact) mass is 259 g/mol. The van der Waals surface area contributed by atoms with Gasteiger partial charge in [-0.1, -0.05) is 35.3 Å². The first-order valence-electron chi connectivity index (χ1n) is 4.97. The average Bonchev–Trinajstić information content (AvgIpc) is 2.25. The van der Waals surface area contributed by atoms with Crippen LogP contribution in [0.4, 0.5) is 0 Å². The summed E-state index contributed by atoms with van der Waals surface area (Å²) in [7, 11) is 0. The van der Waals surface area contributed by atoms with Crippen LogP contribution in [0.3, 0.4) is 0 Å². The van der Waals surface area contributed by atoms with Gasteiger partial charge in [0.25, 0.3) is 0 Å². The third-order valence-electron chi connectivity index (χ3n) is 2.42. The van der Waals surface area contributed by atoms with Gasteiger partial charge in [-0.25, -0.2) is 0 Å². The smallest absolute Gasteiger partial charge is 0.246 e. The van der Waals surface area contributed by atoms with E-state index in [1.54, 1.807) is 6.07 Å². The van der Waals surface area contributed by atoms with Crippen LogP contribution in [0.1, 0.15) is 5.56 Å². The summed E-state index contributed by atoms with van der Waals surface area (Å²) in [4.78, 5) is 11.1. The van der Waals surface area contributed by atoms with E-state index in [-0.39, 0.29) is 18.6 Å². The fraction of sp³-hybridized carbons (Fsp3) is 0.364. The molecule has 1 saturated heterocycles. The molecule has 0 bridgehead atoms. The van der Waals surface area contributed by atoms with E-state index in [0.29, 0.717) is 23.1 Å². The molecule has 1 unspecified atom stereocenters. The normalized spacial score (nSPS) is 20.6. The minimum absolute atomic E-state index is 0.0304. The van der Waals surface area contributed by atoms with Crippen molar-refractivity contribution < 1.29 is 9.53 Å². The highest BCUT2D eigenvalue weighted by Crippen LogP contribution is 2.26. The quantitative estimate of drug-likeness (QED) is 0.883. The number of hydrogen-bond acceptors (Lipinski definition) is 2. The van der Waals surface area contributed by atoms with Gasteiger partial charge in [-0.2, -0.15) is 0 Å². The van der Waals surface area contributed by atoms with Crippen LogP contribution in [0.25, 0.3) is 0 Å². The van der Waals surface area contributed by atoms with E-state index in [0.717, 1.165) is 5.56 Å². The Morgan fingerprint density at radius 1 is 1.44 bits per heavy atom. The molecule has 1 aliphatic rings. The highest BCUT2D eigenvalue weighted by atomic mass is 35.5. The summed E-state index contributed by atoms with van der Waals surface area (Å²) in [5, 5.41) is 3.92. The van der Waals surface area contributed by atoms with Crippen molar-refractivity contribution >= 4 is 29.1 Å². The van der Waals surface area contributed by atoms with Crippen LogP contribution in [0, 0.1) is 0 Å². The van der Waals surface area contributed by atoms with Crippen molar-refractivity contribution in [2.45, 2.75) is 12.5 Å². The number of rotatable bonds is 2. The largest absolute Gasteiger partial charge is 0.369 e. The molecule has 1 N–H and O–H groups in total. The van der Waals surface area contributed by atoms with E-state index < -0.39 is 0 Å². The molecule has 1 aromatic carbocycles. The fourth-order valence-corrected chi connectivity index (χ4v) is 2.08. The van der Waals surface area contributed by atoms with Gasteiger partial charge in [-0.3, -0.25) is 4.79 Å². The van der Waals surface area contributed by atoms with Crippen molar-refractivity contribution in [3.8, 4) is 0 Å². The number of benzene rings is 1. The zero-order valence-corrected chi connectivity index (χ0v) is 10.0. The summed E-state index contributed by atoms with van der Waals surface area (Å²) in [6.07, 6.45) is 0.630. The number of hydrogen-bond donors (Lipinski definition) is 1. The van der Waals surface area contributed by atoms with Crippen molar-refractivity contribution in [2.24, 2.45) is 0 Å². The topological polar surface area (TPSA) is 38.3 Å². The summed E-state index contributed by atoms with van der Waals surface area (Å²) >= 11 is 12.0. The van der Waals surface area contributed by atoms with Gasteiger partial charge >= 0.3 is 0 Å². The van der Waals surface area contributed by atoms with E-state index in [1.807, 2.05) is 12.1 Å². The summed E-state index contributed by atoms with van der Waals surface area (Å²) in [5.41, 5.74) is 0.921. The third-order valence-corrected chi connectivity index (χ3v) is 3.27. The summed E-state index contributed by atoms with van der Waals surface area (Å²) in [6, 6.07) is 5.45. The molecule has 16 heavy (non-hydrogen) atoms. The second-order valence-corrected chi connectivity index (χ2v) is 4.48. The molecule has 1 fully saturated rings. The first kappa shape index (κ1) is 11.7. The van der Waals surface area contributed by atoms with Gasteiger partial charge in [0, 0.05) is 0 Å². The molecule has 86 valence electrons. The van der Waals surface area contributed by atoms with Crippen molar-refractivity contribution in [3.05, 3.63) is 33.8 Å². The molecule has 1 aliphatic heterocycles. The van der Waals surface area contributed by atoms with Crippen molar-refractivity contribution in [1.29, 1.82) is 0 Å². The molecular formula is C11H11Cl2NO2. The number of carbonyl (C=O) groups excluding carboxylic acids is 1. The molecule has 5 heteroatoms. The zero-order valence-electron chi connectivity index (χ0n) is 8.50. The maximum absolute atomic E-state index is 11.1. The van der Waals surface area contributed by atoms with Crippen molar-refractivity contribution in [2.75, 3.05) is 13.2 Å². The Morgan fingerprint density at radius 3 is 3.00 bits per heavy atom. The fourth-order valence-electron chi connectivity index (χ4n) is 1.69. The van der Waals surface area contributed by atoms with E-state index in [4.69, 9.17) is 27.9 Å². The number of ether oxygens (including phenoxy) is 1. The van der Waals surface area contributed by atoms with Crippen LogP contribution >= 0.6 is 23.2 Å². The Bertz CT molecular complexity index is 409. The molecule has 2 rings (SSSR count). The van der Waals surface area contributed by atoms with E-state index in [1.165, 1.54) is 0 Å². The highest BCUT2D eigenvalue weighted by Gasteiger charge is 2.20. The molecule has 3 nitrogen and oxygen atoms in total. The van der Waals surface area contributed by atoms with Crippen molar-refractivity contribution in [3.63, 3.8) is 0 Å². The Hall–Kier alpha value is -0.770. The second-order valence-electron chi connectivity index (χ2n) is 3.70. The van der Waals surface area contributed by atoms with Gasteiger partial charge in [0.1, 0.15) is 6.61 Å². The zero-order chi connectivity index (χ0) is 11.5. The van der Waals surface area contributed by atoms with Crippen LogP contribution in [0.5, 0.6) is 0 Å². The molecule has 1 heterocycles. The average molecular weight is 260 g/mol. The Kier molecular flexibility index (Phi) is 3.69.